The van der Waals surface area contributed by atoms with Gasteiger partial charge in [-0.25, -0.2) is 0 Å². The van der Waals surface area contributed by atoms with Crippen molar-refractivity contribution in [3.63, 3.8) is 0 Å². The average Bonchev–Trinajstić information content (AvgIpc) is 2.57. The van der Waals surface area contributed by atoms with Gasteiger partial charge < -0.3 is 0 Å². The van der Waals surface area contributed by atoms with Gasteiger partial charge in [0.2, 0.25) is 0 Å². The Morgan fingerprint density at radius 2 is 1.04 bits per heavy atom. The van der Waals surface area contributed by atoms with Crippen LogP contribution in [-0.2, 0) is 0 Å². The molecule has 23 heavy (non-hydrogen) atoms. The summed E-state index contributed by atoms with van der Waals surface area (Å²) in [7, 11) is 0. The van der Waals surface area contributed by atoms with Crippen molar-refractivity contribution < 1.29 is 0 Å². The number of allylic oxidation sites excluding steroid dienone is 4. The predicted molar refractivity (Wildman–Crippen MR) is 103 cm³/mol. The highest BCUT2D eigenvalue weighted by molar-refractivity contribution is 4.87. The highest BCUT2D eigenvalue weighted by Crippen LogP contribution is 2.16. The van der Waals surface area contributed by atoms with E-state index in [2.05, 4.69) is 44.2 Å². The minimum absolute atomic E-state index is 0.261. The third-order valence-corrected chi connectivity index (χ3v) is 4.31. The molecule has 0 rings (SSSR count). The Bertz CT molecular complexity index is 295. The van der Waals surface area contributed by atoms with E-state index in [4.69, 9.17) is 0 Å². The first-order valence-corrected chi connectivity index (χ1v) is 10.0. The molecule has 132 valence electrons. The summed E-state index contributed by atoms with van der Waals surface area (Å²) in [5.41, 5.74) is 0. The van der Waals surface area contributed by atoms with Crippen LogP contribution in [-0.4, -0.2) is 0 Å². The lowest BCUT2D eigenvalue weighted by Crippen LogP contribution is -1.96. The maximum Gasteiger partial charge on any atom is 0.0655 e. The average molecular weight is 318 g/mol. The van der Waals surface area contributed by atoms with Crippen molar-refractivity contribution in [3.05, 3.63) is 24.3 Å². The fourth-order valence-corrected chi connectivity index (χ4v) is 2.73. The van der Waals surface area contributed by atoms with Crippen LogP contribution in [0.1, 0.15) is 104 Å². The van der Waals surface area contributed by atoms with E-state index in [1.165, 1.54) is 51.4 Å². The summed E-state index contributed by atoms with van der Waals surface area (Å²) >= 11 is 0. The third kappa shape index (κ3) is 17.2. The topological polar surface area (TPSA) is 23.8 Å². The minimum Gasteiger partial charge on any atom is -0.198 e. The molecule has 0 aliphatic carbocycles. The van der Waals surface area contributed by atoms with Crippen LogP contribution in [0.4, 0.5) is 0 Å². The van der Waals surface area contributed by atoms with Crippen molar-refractivity contribution in [2.45, 2.75) is 104 Å². The van der Waals surface area contributed by atoms with Gasteiger partial charge in [0.1, 0.15) is 0 Å². The van der Waals surface area contributed by atoms with E-state index in [0.29, 0.717) is 0 Å². The molecular weight excluding hydrogens is 278 g/mol. The van der Waals surface area contributed by atoms with E-state index in [0.717, 1.165) is 38.5 Å². The van der Waals surface area contributed by atoms with Gasteiger partial charge in [-0.2, -0.15) is 5.26 Å². The lowest BCUT2D eigenvalue weighted by atomic mass is 9.97. The van der Waals surface area contributed by atoms with Gasteiger partial charge in [-0.1, -0.05) is 63.8 Å². The Labute approximate surface area is 145 Å². The standard InChI is InChI=1S/C22H39N/c1-3-5-7-9-11-13-15-17-19-22(21-23)20-18-16-14-12-10-8-6-4-2/h11-14,22H,3-10,15-20H2,1-2H3. The molecule has 0 fully saturated rings. The molecule has 0 aromatic heterocycles. The number of hydrogen-bond donors (Lipinski definition) is 0. The summed E-state index contributed by atoms with van der Waals surface area (Å²) in [6, 6.07) is 2.49. The number of rotatable bonds is 16. The molecule has 0 aliphatic rings. The van der Waals surface area contributed by atoms with Crippen LogP contribution in [0.2, 0.25) is 0 Å². The molecule has 0 bridgehead atoms. The van der Waals surface area contributed by atoms with E-state index < -0.39 is 0 Å². The molecule has 0 amide bonds. The fourth-order valence-electron chi connectivity index (χ4n) is 2.73. The lowest BCUT2D eigenvalue weighted by Gasteiger charge is -2.06. The van der Waals surface area contributed by atoms with Gasteiger partial charge in [-0.05, 0) is 64.2 Å². The van der Waals surface area contributed by atoms with Crippen LogP contribution >= 0.6 is 0 Å². The van der Waals surface area contributed by atoms with Gasteiger partial charge in [0.15, 0.2) is 0 Å². The zero-order chi connectivity index (χ0) is 17.0. The summed E-state index contributed by atoms with van der Waals surface area (Å²) in [5, 5.41) is 9.24. The maximum absolute atomic E-state index is 9.24. The fraction of sp³-hybridized carbons (Fsp3) is 0.773. The van der Waals surface area contributed by atoms with Crippen molar-refractivity contribution in [2.24, 2.45) is 5.92 Å². The van der Waals surface area contributed by atoms with E-state index in [9.17, 15) is 5.26 Å². The molecule has 0 saturated heterocycles. The van der Waals surface area contributed by atoms with E-state index in [1.54, 1.807) is 0 Å². The number of unbranched alkanes of at least 4 members (excludes halogenated alkanes) is 8. The van der Waals surface area contributed by atoms with E-state index in [1.807, 2.05) is 0 Å². The summed E-state index contributed by atoms with van der Waals surface area (Å²) < 4.78 is 0. The zero-order valence-corrected chi connectivity index (χ0v) is 15.7. The molecule has 0 aromatic carbocycles. The molecular formula is C22H39N. The monoisotopic (exact) mass is 317 g/mol. The number of hydrogen-bond acceptors (Lipinski definition) is 1. The molecule has 0 spiro atoms. The molecule has 1 nitrogen and oxygen atoms in total. The Morgan fingerprint density at radius 3 is 1.39 bits per heavy atom. The van der Waals surface area contributed by atoms with Gasteiger partial charge in [-0.15, -0.1) is 0 Å². The van der Waals surface area contributed by atoms with Gasteiger partial charge in [0.05, 0.1) is 6.07 Å². The SMILES string of the molecule is CCCCCC=CCCCC(C#N)CCCC=CCCCCC. The first-order valence-electron chi connectivity index (χ1n) is 10.0. The van der Waals surface area contributed by atoms with Crippen molar-refractivity contribution in [1.29, 1.82) is 5.26 Å². The van der Waals surface area contributed by atoms with Crippen molar-refractivity contribution in [2.75, 3.05) is 0 Å². The minimum atomic E-state index is 0.261. The first kappa shape index (κ1) is 22.0. The lowest BCUT2D eigenvalue weighted by molar-refractivity contribution is 0.518. The Hall–Kier alpha value is -1.03. The molecule has 0 N–H and O–H groups in total. The molecule has 0 aromatic rings. The Balaban J connectivity index is 3.50. The van der Waals surface area contributed by atoms with Crippen LogP contribution in [0.5, 0.6) is 0 Å². The quantitative estimate of drug-likeness (QED) is 0.211. The molecule has 0 radical (unpaired) electrons. The molecule has 0 heterocycles. The molecule has 0 atom stereocenters. The number of nitriles is 1. The van der Waals surface area contributed by atoms with Crippen LogP contribution in [0.15, 0.2) is 24.3 Å². The number of nitrogens with zero attached hydrogens (tertiary/aromatic N) is 1. The molecule has 1 heteroatoms. The second kappa shape index (κ2) is 19.0. The first-order chi connectivity index (χ1) is 11.3. The summed E-state index contributed by atoms with van der Waals surface area (Å²) in [5.74, 6) is 0.261. The van der Waals surface area contributed by atoms with Gasteiger partial charge in [0.25, 0.3) is 0 Å². The highest BCUT2D eigenvalue weighted by atomic mass is 14.3. The van der Waals surface area contributed by atoms with E-state index in [-0.39, 0.29) is 5.92 Å². The maximum atomic E-state index is 9.24. The molecule has 0 saturated carbocycles. The second-order valence-electron chi connectivity index (χ2n) is 6.62. The van der Waals surface area contributed by atoms with Crippen LogP contribution in [0, 0.1) is 17.2 Å². The van der Waals surface area contributed by atoms with Gasteiger partial charge in [0, 0.05) is 5.92 Å². The second-order valence-corrected chi connectivity index (χ2v) is 6.62. The van der Waals surface area contributed by atoms with E-state index >= 15 is 0 Å². The van der Waals surface area contributed by atoms with Crippen molar-refractivity contribution >= 4 is 0 Å². The summed E-state index contributed by atoms with van der Waals surface area (Å²) in [6.45, 7) is 4.49. The van der Waals surface area contributed by atoms with Gasteiger partial charge in [-0.3, -0.25) is 0 Å². The van der Waals surface area contributed by atoms with Gasteiger partial charge >= 0.3 is 0 Å². The zero-order valence-electron chi connectivity index (χ0n) is 15.7. The normalized spacial score (nSPS) is 12.9. The molecule has 0 unspecified atom stereocenters. The Kier molecular flexibility index (Phi) is 18.2. The van der Waals surface area contributed by atoms with Crippen LogP contribution < -0.4 is 0 Å². The van der Waals surface area contributed by atoms with Crippen molar-refractivity contribution in [3.8, 4) is 6.07 Å². The van der Waals surface area contributed by atoms with Crippen molar-refractivity contribution in [1.82, 2.24) is 0 Å². The predicted octanol–water partition coefficient (Wildman–Crippen LogP) is 7.74. The highest BCUT2D eigenvalue weighted by Gasteiger charge is 2.05. The summed E-state index contributed by atoms with van der Waals surface area (Å²) in [6.07, 6.45) is 26.4. The largest absolute Gasteiger partial charge is 0.198 e. The molecule has 0 aliphatic heterocycles. The van der Waals surface area contributed by atoms with Crippen LogP contribution in [0.3, 0.4) is 0 Å². The smallest absolute Gasteiger partial charge is 0.0655 e. The Morgan fingerprint density at radius 1 is 0.652 bits per heavy atom. The third-order valence-electron chi connectivity index (χ3n) is 4.31. The summed E-state index contributed by atoms with van der Waals surface area (Å²) in [4.78, 5) is 0. The van der Waals surface area contributed by atoms with Crippen LogP contribution in [0.25, 0.3) is 0 Å².